The molecule has 0 atom stereocenters. The molecule has 1 aromatic carbocycles. The Balaban J connectivity index is 1.98. The molecular weight excluding hydrogens is 295 g/mol. The molecule has 98 valence electrons. The monoisotopic (exact) mass is 312 g/mol. The van der Waals surface area contributed by atoms with E-state index in [2.05, 4.69) is 22.9 Å². The van der Waals surface area contributed by atoms with Crippen LogP contribution in [0.15, 0.2) is 22.7 Å². The lowest BCUT2D eigenvalue weighted by Gasteiger charge is -2.25. The van der Waals surface area contributed by atoms with E-state index in [0.717, 1.165) is 31.6 Å². The molecule has 0 heterocycles. The number of rotatable bonds is 3. The normalized spacial score (nSPS) is 23.9. The number of hydrogen-bond donors (Lipinski definition) is 0. The van der Waals surface area contributed by atoms with Gasteiger partial charge in [-0.2, -0.15) is 0 Å². The number of ketones is 1. The second kappa shape index (κ2) is 5.96. The molecule has 18 heavy (non-hydrogen) atoms. The first-order valence-electron chi connectivity index (χ1n) is 6.53. The molecule has 1 saturated carbocycles. The number of hydrogen-bond acceptors (Lipinski definition) is 1. The molecule has 0 aromatic heterocycles. The minimum atomic E-state index is -0.290. The SMILES string of the molecule is CC1CCC(C(=O)Cc2ccc(Br)cc2F)CC1. The highest BCUT2D eigenvalue weighted by molar-refractivity contribution is 9.10. The lowest BCUT2D eigenvalue weighted by molar-refractivity contribution is -0.123. The van der Waals surface area contributed by atoms with Crippen molar-refractivity contribution in [3.8, 4) is 0 Å². The van der Waals surface area contributed by atoms with Crippen LogP contribution in [0.4, 0.5) is 4.39 Å². The zero-order valence-corrected chi connectivity index (χ0v) is 12.2. The Morgan fingerprint density at radius 3 is 2.61 bits per heavy atom. The second-order valence-electron chi connectivity index (χ2n) is 5.34. The summed E-state index contributed by atoms with van der Waals surface area (Å²) in [7, 11) is 0. The Hall–Kier alpha value is -0.700. The summed E-state index contributed by atoms with van der Waals surface area (Å²) in [5.41, 5.74) is 0.516. The molecule has 2 rings (SSSR count). The van der Waals surface area contributed by atoms with Gasteiger partial charge in [-0.3, -0.25) is 4.79 Å². The van der Waals surface area contributed by atoms with E-state index in [1.54, 1.807) is 12.1 Å². The predicted molar refractivity (Wildman–Crippen MR) is 73.9 cm³/mol. The fraction of sp³-hybridized carbons (Fsp3) is 0.533. The van der Waals surface area contributed by atoms with Crippen molar-refractivity contribution in [1.82, 2.24) is 0 Å². The largest absolute Gasteiger partial charge is 0.299 e. The van der Waals surface area contributed by atoms with E-state index in [9.17, 15) is 9.18 Å². The molecule has 0 saturated heterocycles. The fourth-order valence-corrected chi connectivity index (χ4v) is 2.91. The fourth-order valence-electron chi connectivity index (χ4n) is 2.58. The summed E-state index contributed by atoms with van der Waals surface area (Å²) in [6.07, 6.45) is 4.42. The third kappa shape index (κ3) is 3.41. The predicted octanol–water partition coefficient (Wildman–Crippen LogP) is 4.53. The maximum Gasteiger partial charge on any atom is 0.140 e. The Kier molecular flexibility index (Phi) is 4.55. The standard InChI is InChI=1S/C15H18BrFO/c1-10-2-4-11(5-3-10)15(18)8-12-6-7-13(16)9-14(12)17/h6-7,9-11H,2-5,8H2,1H3. The van der Waals surface area contributed by atoms with Crippen molar-refractivity contribution in [2.75, 3.05) is 0 Å². The average Bonchev–Trinajstić information content (AvgIpc) is 2.33. The minimum absolute atomic E-state index is 0.143. The molecule has 1 aromatic rings. The Bertz CT molecular complexity index is 436. The molecular formula is C15H18BrFO. The zero-order valence-electron chi connectivity index (χ0n) is 10.6. The van der Waals surface area contributed by atoms with Crippen molar-refractivity contribution < 1.29 is 9.18 Å². The molecule has 1 aliphatic rings. The van der Waals surface area contributed by atoms with Crippen LogP contribution in [-0.2, 0) is 11.2 Å². The zero-order chi connectivity index (χ0) is 13.1. The van der Waals surface area contributed by atoms with Crippen molar-refractivity contribution in [2.24, 2.45) is 11.8 Å². The van der Waals surface area contributed by atoms with Crippen molar-refractivity contribution in [3.05, 3.63) is 34.1 Å². The van der Waals surface area contributed by atoms with Crippen molar-refractivity contribution in [2.45, 2.75) is 39.0 Å². The molecule has 1 aliphatic carbocycles. The maximum atomic E-state index is 13.7. The van der Waals surface area contributed by atoms with Gasteiger partial charge in [0.2, 0.25) is 0 Å². The molecule has 0 N–H and O–H groups in total. The Morgan fingerprint density at radius 2 is 2.00 bits per heavy atom. The summed E-state index contributed by atoms with van der Waals surface area (Å²) in [6.45, 7) is 2.23. The Morgan fingerprint density at radius 1 is 1.33 bits per heavy atom. The average molecular weight is 313 g/mol. The summed E-state index contributed by atoms with van der Waals surface area (Å²) in [5.74, 6) is 0.785. The molecule has 1 fully saturated rings. The van der Waals surface area contributed by atoms with Gasteiger partial charge in [-0.15, -0.1) is 0 Å². The van der Waals surface area contributed by atoms with Gasteiger partial charge in [-0.05, 0) is 36.5 Å². The minimum Gasteiger partial charge on any atom is -0.299 e. The molecule has 0 radical (unpaired) electrons. The van der Waals surface area contributed by atoms with E-state index in [1.807, 2.05) is 0 Å². The lowest BCUT2D eigenvalue weighted by atomic mass is 9.79. The topological polar surface area (TPSA) is 17.1 Å². The van der Waals surface area contributed by atoms with Crippen LogP contribution in [0.2, 0.25) is 0 Å². The number of carbonyl (C=O) groups is 1. The van der Waals surface area contributed by atoms with Gasteiger partial charge in [0.25, 0.3) is 0 Å². The second-order valence-corrected chi connectivity index (χ2v) is 6.25. The van der Waals surface area contributed by atoms with Gasteiger partial charge < -0.3 is 0 Å². The number of benzene rings is 1. The summed E-state index contributed by atoms with van der Waals surface area (Å²) in [6, 6.07) is 4.91. The van der Waals surface area contributed by atoms with Gasteiger partial charge in [0.1, 0.15) is 11.6 Å². The van der Waals surface area contributed by atoms with Crippen LogP contribution in [0.3, 0.4) is 0 Å². The van der Waals surface area contributed by atoms with Gasteiger partial charge >= 0.3 is 0 Å². The quantitative estimate of drug-likeness (QED) is 0.801. The third-order valence-electron chi connectivity index (χ3n) is 3.85. The van der Waals surface area contributed by atoms with Crippen LogP contribution < -0.4 is 0 Å². The summed E-state index contributed by atoms with van der Waals surface area (Å²) < 4.78 is 14.4. The molecule has 1 nitrogen and oxygen atoms in total. The first kappa shape index (κ1) is 13.7. The van der Waals surface area contributed by atoms with Gasteiger partial charge in [-0.25, -0.2) is 4.39 Å². The molecule has 0 amide bonds. The Labute approximate surface area is 116 Å². The molecule has 0 spiro atoms. The van der Waals surface area contributed by atoms with E-state index in [4.69, 9.17) is 0 Å². The van der Waals surface area contributed by atoms with Gasteiger partial charge in [0.15, 0.2) is 0 Å². The smallest absolute Gasteiger partial charge is 0.140 e. The van der Waals surface area contributed by atoms with Crippen molar-refractivity contribution in [1.29, 1.82) is 0 Å². The van der Waals surface area contributed by atoms with Crippen LogP contribution in [0, 0.1) is 17.7 Å². The van der Waals surface area contributed by atoms with Crippen LogP contribution >= 0.6 is 15.9 Å². The summed E-state index contributed by atoms with van der Waals surface area (Å²) in [5, 5.41) is 0. The first-order valence-corrected chi connectivity index (χ1v) is 7.32. The van der Waals surface area contributed by atoms with Crippen molar-refractivity contribution >= 4 is 21.7 Å². The van der Waals surface area contributed by atoms with E-state index >= 15 is 0 Å². The van der Waals surface area contributed by atoms with Gasteiger partial charge in [0.05, 0.1) is 0 Å². The van der Waals surface area contributed by atoms with Crippen LogP contribution in [0.1, 0.15) is 38.2 Å². The number of carbonyl (C=O) groups excluding carboxylic acids is 1. The van der Waals surface area contributed by atoms with E-state index in [1.165, 1.54) is 6.07 Å². The number of Topliss-reactive ketones (excluding diaryl/α,β-unsaturated/α-hetero) is 1. The summed E-state index contributed by atoms with van der Waals surface area (Å²) >= 11 is 3.22. The van der Waals surface area contributed by atoms with E-state index < -0.39 is 0 Å². The first-order chi connectivity index (χ1) is 8.56. The highest BCUT2D eigenvalue weighted by atomic mass is 79.9. The number of halogens is 2. The van der Waals surface area contributed by atoms with Gasteiger partial charge in [0, 0.05) is 16.8 Å². The highest BCUT2D eigenvalue weighted by Gasteiger charge is 2.24. The molecule has 0 unspecified atom stereocenters. The molecule has 0 aliphatic heterocycles. The van der Waals surface area contributed by atoms with Crippen LogP contribution in [-0.4, -0.2) is 5.78 Å². The lowest BCUT2D eigenvalue weighted by Crippen LogP contribution is -2.22. The molecule has 0 bridgehead atoms. The third-order valence-corrected chi connectivity index (χ3v) is 4.34. The maximum absolute atomic E-state index is 13.7. The van der Waals surface area contributed by atoms with Crippen molar-refractivity contribution in [3.63, 3.8) is 0 Å². The van der Waals surface area contributed by atoms with Crippen LogP contribution in [0.5, 0.6) is 0 Å². The van der Waals surface area contributed by atoms with Crippen LogP contribution in [0.25, 0.3) is 0 Å². The summed E-state index contributed by atoms with van der Waals surface area (Å²) in [4.78, 5) is 12.1. The molecule has 3 heteroatoms. The van der Waals surface area contributed by atoms with E-state index in [0.29, 0.717) is 10.0 Å². The highest BCUT2D eigenvalue weighted by Crippen LogP contribution is 2.30. The van der Waals surface area contributed by atoms with Gasteiger partial charge in [-0.1, -0.05) is 41.8 Å². The van der Waals surface area contributed by atoms with E-state index in [-0.39, 0.29) is 23.9 Å².